The first-order valence-electron chi connectivity index (χ1n) is 10.8. The highest BCUT2D eigenvalue weighted by molar-refractivity contribution is 6.35. The molecule has 7 heteroatoms. The van der Waals surface area contributed by atoms with Crippen LogP contribution in [0.3, 0.4) is 0 Å². The zero-order valence-electron chi connectivity index (χ0n) is 17.3. The smallest absolute Gasteiger partial charge is 0.309 e. The molecular formula is C22H33FN4O2. The van der Waals surface area contributed by atoms with Crippen LogP contribution in [0.25, 0.3) is 0 Å². The molecule has 0 aromatic heterocycles. The van der Waals surface area contributed by atoms with Gasteiger partial charge in [0.2, 0.25) is 0 Å². The van der Waals surface area contributed by atoms with Gasteiger partial charge < -0.3 is 15.5 Å². The molecule has 2 aliphatic rings. The van der Waals surface area contributed by atoms with Gasteiger partial charge in [-0.05, 0) is 37.6 Å². The van der Waals surface area contributed by atoms with Crippen molar-refractivity contribution in [3.63, 3.8) is 0 Å². The molecule has 6 nitrogen and oxygen atoms in total. The summed E-state index contributed by atoms with van der Waals surface area (Å²) in [5, 5.41) is 5.70. The van der Waals surface area contributed by atoms with E-state index in [0.29, 0.717) is 6.54 Å². The number of hydrogen-bond donors (Lipinski definition) is 2. The van der Waals surface area contributed by atoms with Crippen LogP contribution in [0.4, 0.5) is 4.39 Å². The molecule has 1 heterocycles. The van der Waals surface area contributed by atoms with Crippen molar-refractivity contribution in [2.45, 2.75) is 50.6 Å². The maximum absolute atomic E-state index is 13.4. The van der Waals surface area contributed by atoms with Crippen molar-refractivity contribution in [3.05, 3.63) is 35.6 Å². The molecule has 0 unspecified atom stereocenters. The molecule has 1 atom stereocenters. The fraction of sp³-hybridized carbons (Fsp3) is 0.636. The molecule has 2 N–H and O–H groups in total. The Hall–Kier alpha value is -1.99. The second-order valence-electron chi connectivity index (χ2n) is 8.28. The molecule has 1 aromatic rings. The molecule has 1 aliphatic carbocycles. The van der Waals surface area contributed by atoms with Crippen molar-refractivity contribution in [2.24, 2.45) is 0 Å². The highest BCUT2D eigenvalue weighted by atomic mass is 19.1. The number of rotatable bonds is 5. The van der Waals surface area contributed by atoms with E-state index in [1.807, 2.05) is 0 Å². The number of nitrogens with zero attached hydrogens (tertiary/aromatic N) is 2. The second-order valence-corrected chi connectivity index (χ2v) is 8.28. The highest BCUT2D eigenvalue weighted by Gasteiger charge is 2.26. The van der Waals surface area contributed by atoms with Gasteiger partial charge in [-0.2, -0.15) is 0 Å². The van der Waals surface area contributed by atoms with Gasteiger partial charge in [0.25, 0.3) is 0 Å². The number of hydrogen-bond acceptors (Lipinski definition) is 4. The lowest BCUT2D eigenvalue weighted by molar-refractivity contribution is -0.139. The SMILES string of the molecule is CN1CCN([C@H](CNC(=O)C(=O)NC2CCCCCC2)c2ccc(F)cc2)CC1. The van der Waals surface area contributed by atoms with Crippen LogP contribution in [0.15, 0.2) is 24.3 Å². The Morgan fingerprint density at radius 2 is 1.62 bits per heavy atom. The number of piperazine rings is 1. The Bertz CT molecular complexity index is 666. The van der Waals surface area contributed by atoms with Crippen molar-refractivity contribution in [2.75, 3.05) is 39.8 Å². The molecule has 1 saturated heterocycles. The molecule has 0 radical (unpaired) electrons. The van der Waals surface area contributed by atoms with Crippen LogP contribution in [-0.2, 0) is 9.59 Å². The third-order valence-corrected chi connectivity index (χ3v) is 6.09. The third kappa shape index (κ3) is 6.51. The minimum atomic E-state index is -0.588. The zero-order valence-corrected chi connectivity index (χ0v) is 17.3. The average molecular weight is 405 g/mol. The molecule has 1 aromatic carbocycles. The van der Waals surface area contributed by atoms with Gasteiger partial charge in [0.05, 0.1) is 6.04 Å². The Kier molecular flexibility index (Phi) is 8.00. The standard InChI is InChI=1S/C22H33FN4O2/c1-26-12-14-27(15-13-26)20(17-8-10-18(23)11-9-17)16-24-21(28)22(29)25-19-6-4-2-3-5-7-19/h8-11,19-20H,2-7,12-16H2,1H3,(H,24,28)(H,25,29)/t20-/m1/s1. The van der Waals surface area contributed by atoms with Crippen molar-refractivity contribution in [3.8, 4) is 0 Å². The summed E-state index contributed by atoms with van der Waals surface area (Å²) in [6.45, 7) is 3.93. The molecule has 2 amide bonds. The third-order valence-electron chi connectivity index (χ3n) is 6.09. The van der Waals surface area contributed by atoms with E-state index in [2.05, 4.69) is 27.5 Å². The Labute approximate surface area is 172 Å². The molecule has 160 valence electrons. The Morgan fingerprint density at radius 1 is 1.00 bits per heavy atom. The maximum atomic E-state index is 13.4. The predicted octanol–water partition coefficient (Wildman–Crippen LogP) is 2.07. The largest absolute Gasteiger partial charge is 0.346 e. The number of carbonyl (C=O) groups excluding carboxylic acids is 2. The first-order chi connectivity index (χ1) is 14.0. The van der Waals surface area contributed by atoms with Crippen molar-refractivity contribution < 1.29 is 14.0 Å². The van der Waals surface area contributed by atoms with Gasteiger partial charge in [-0.25, -0.2) is 4.39 Å². The van der Waals surface area contributed by atoms with Gasteiger partial charge in [0.15, 0.2) is 0 Å². The minimum Gasteiger partial charge on any atom is -0.346 e. The molecule has 2 fully saturated rings. The number of likely N-dealkylation sites (N-methyl/N-ethyl adjacent to an activating group) is 1. The van der Waals surface area contributed by atoms with Crippen LogP contribution in [0, 0.1) is 5.82 Å². The summed E-state index contributed by atoms with van der Waals surface area (Å²) in [6.07, 6.45) is 6.48. The van der Waals surface area contributed by atoms with E-state index < -0.39 is 11.8 Å². The topological polar surface area (TPSA) is 64.7 Å². The quantitative estimate of drug-likeness (QED) is 0.583. The van der Waals surface area contributed by atoms with Gasteiger partial charge in [-0.3, -0.25) is 14.5 Å². The van der Waals surface area contributed by atoms with E-state index >= 15 is 0 Å². The number of halogens is 1. The number of benzene rings is 1. The lowest BCUT2D eigenvalue weighted by atomic mass is 10.0. The Morgan fingerprint density at radius 3 is 2.24 bits per heavy atom. The number of amides is 2. The lowest BCUT2D eigenvalue weighted by Crippen LogP contribution is -2.50. The number of nitrogens with one attached hydrogen (secondary N) is 2. The first kappa shape index (κ1) is 21.7. The monoisotopic (exact) mass is 404 g/mol. The van der Waals surface area contributed by atoms with E-state index in [-0.39, 0.29) is 17.9 Å². The van der Waals surface area contributed by atoms with Crippen LogP contribution in [0.5, 0.6) is 0 Å². The first-order valence-corrected chi connectivity index (χ1v) is 10.8. The summed E-state index contributed by atoms with van der Waals surface area (Å²) in [4.78, 5) is 29.3. The predicted molar refractivity (Wildman–Crippen MR) is 111 cm³/mol. The molecular weight excluding hydrogens is 371 g/mol. The molecule has 0 spiro atoms. The van der Waals surface area contributed by atoms with E-state index in [1.54, 1.807) is 12.1 Å². The summed E-state index contributed by atoms with van der Waals surface area (Å²) in [7, 11) is 2.09. The molecule has 1 saturated carbocycles. The van der Waals surface area contributed by atoms with E-state index in [9.17, 15) is 14.0 Å². The summed E-state index contributed by atoms with van der Waals surface area (Å²) >= 11 is 0. The Balaban J connectivity index is 1.58. The summed E-state index contributed by atoms with van der Waals surface area (Å²) in [5.74, 6) is -1.42. The fourth-order valence-electron chi connectivity index (χ4n) is 4.22. The van der Waals surface area contributed by atoms with Crippen LogP contribution >= 0.6 is 0 Å². The summed E-state index contributed by atoms with van der Waals surface area (Å²) < 4.78 is 13.4. The summed E-state index contributed by atoms with van der Waals surface area (Å²) in [6, 6.07) is 6.42. The van der Waals surface area contributed by atoms with Crippen molar-refractivity contribution in [1.82, 2.24) is 20.4 Å². The van der Waals surface area contributed by atoms with Crippen molar-refractivity contribution in [1.29, 1.82) is 0 Å². The second kappa shape index (κ2) is 10.7. The minimum absolute atomic E-state index is 0.0843. The highest BCUT2D eigenvalue weighted by Crippen LogP contribution is 2.22. The van der Waals surface area contributed by atoms with Crippen LogP contribution in [-0.4, -0.2) is 67.4 Å². The zero-order chi connectivity index (χ0) is 20.6. The molecule has 0 bridgehead atoms. The van der Waals surface area contributed by atoms with Gasteiger partial charge in [0, 0.05) is 38.8 Å². The number of carbonyl (C=O) groups is 2. The molecule has 3 rings (SSSR count). The molecule has 29 heavy (non-hydrogen) atoms. The average Bonchev–Trinajstić information content (AvgIpc) is 2.99. The van der Waals surface area contributed by atoms with Crippen molar-refractivity contribution >= 4 is 11.8 Å². The van der Waals surface area contributed by atoms with E-state index in [0.717, 1.165) is 57.4 Å². The van der Waals surface area contributed by atoms with Gasteiger partial charge in [-0.1, -0.05) is 37.8 Å². The lowest BCUT2D eigenvalue weighted by Gasteiger charge is -2.38. The van der Waals surface area contributed by atoms with Gasteiger partial charge in [-0.15, -0.1) is 0 Å². The van der Waals surface area contributed by atoms with Gasteiger partial charge >= 0.3 is 11.8 Å². The normalized spacial score (nSPS) is 20.6. The van der Waals surface area contributed by atoms with Gasteiger partial charge in [0.1, 0.15) is 5.82 Å². The van der Waals surface area contributed by atoms with Crippen LogP contribution in [0.1, 0.15) is 50.1 Å². The molecule has 1 aliphatic heterocycles. The summed E-state index contributed by atoms with van der Waals surface area (Å²) in [5.41, 5.74) is 0.945. The van der Waals surface area contributed by atoms with E-state index in [1.165, 1.54) is 25.0 Å². The van der Waals surface area contributed by atoms with Crippen LogP contribution < -0.4 is 10.6 Å². The fourth-order valence-corrected chi connectivity index (χ4v) is 4.22. The van der Waals surface area contributed by atoms with Crippen LogP contribution in [0.2, 0.25) is 0 Å². The van der Waals surface area contributed by atoms with E-state index in [4.69, 9.17) is 0 Å². The maximum Gasteiger partial charge on any atom is 0.309 e.